The van der Waals surface area contributed by atoms with E-state index in [0.29, 0.717) is 13.0 Å². The molecule has 1 unspecified atom stereocenters. The van der Waals surface area contributed by atoms with Crippen molar-refractivity contribution in [3.8, 4) is 0 Å². The van der Waals surface area contributed by atoms with Crippen LogP contribution in [0.3, 0.4) is 0 Å². The van der Waals surface area contributed by atoms with Gasteiger partial charge in [0.05, 0.1) is 23.5 Å². The number of rotatable bonds is 6. The van der Waals surface area contributed by atoms with Gasteiger partial charge in [-0.15, -0.1) is 0 Å². The van der Waals surface area contributed by atoms with E-state index in [2.05, 4.69) is 4.74 Å². The third-order valence-corrected chi connectivity index (χ3v) is 4.89. The Morgan fingerprint density at radius 2 is 1.86 bits per heavy atom. The number of ketones is 1. The van der Waals surface area contributed by atoms with E-state index in [1.807, 2.05) is 0 Å². The summed E-state index contributed by atoms with van der Waals surface area (Å²) in [6.07, 6.45) is 0.389. The molecule has 1 aliphatic rings. The zero-order valence-electron chi connectivity index (χ0n) is 15.5. The lowest BCUT2D eigenvalue weighted by molar-refractivity contribution is -0.384. The van der Waals surface area contributed by atoms with Gasteiger partial charge in [0.1, 0.15) is 5.69 Å². The Kier molecular flexibility index (Phi) is 5.58. The number of hydrogen-bond acceptors (Lipinski definition) is 7. The third-order valence-electron chi connectivity index (χ3n) is 4.89. The molecule has 150 valence electrons. The molecular formula is C20H18N2O7. The maximum Gasteiger partial charge on any atom is 0.338 e. The summed E-state index contributed by atoms with van der Waals surface area (Å²) in [4.78, 5) is 48.6. The average molecular weight is 398 g/mol. The van der Waals surface area contributed by atoms with Gasteiger partial charge in [-0.05, 0) is 24.6 Å². The molecule has 0 bridgehead atoms. The summed E-state index contributed by atoms with van der Waals surface area (Å²) in [7, 11) is 1.20. The van der Waals surface area contributed by atoms with Crippen LogP contribution in [0.25, 0.3) is 0 Å². The zero-order valence-corrected chi connectivity index (χ0v) is 15.5. The summed E-state index contributed by atoms with van der Waals surface area (Å²) in [6.45, 7) is 0.533. The summed E-state index contributed by atoms with van der Waals surface area (Å²) in [5.41, 5.74) is 0.156. The number of nitro benzene ring substituents is 1. The smallest absolute Gasteiger partial charge is 0.338 e. The Morgan fingerprint density at radius 1 is 1.17 bits per heavy atom. The van der Waals surface area contributed by atoms with Crippen LogP contribution in [0.1, 0.15) is 32.7 Å². The molecule has 0 radical (unpaired) electrons. The monoisotopic (exact) mass is 398 g/mol. The Labute approximate surface area is 165 Å². The summed E-state index contributed by atoms with van der Waals surface area (Å²) in [5.74, 6) is -2.77. The predicted molar refractivity (Wildman–Crippen MR) is 102 cm³/mol. The van der Waals surface area contributed by atoms with Gasteiger partial charge < -0.3 is 14.7 Å². The van der Waals surface area contributed by atoms with Crippen molar-refractivity contribution in [2.24, 2.45) is 5.92 Å². The number of benzene rings is 2. The van der Waals surface area contributed by atoms with E-state index in [1.165, 1.54) is 31.4 Å². The van der Waals surface area contributed by atoms with Crippen LogP contribution in [-0.4, -0.2) is 48.0 Å². The highest BCUT2D eigenvalue weighted by Crippen LogP contribution is 2.34. The van der Waals surface area contributed by atoms with Crippen LogP contribution < -0.4 is 4.90 Å². The minimum atomic E-state index is -0.943. The molecule has 1 saturated heterocycles. The maximum atomic E-state index is 12.9. The van der Waals surface area contributed by atoms with Gasteiger partial charge in [0, 0.05) is 30.3 Å². The number of carbonyl (C=O) groups excluding carboxylic acids is 2. The number of aliphatic carboxylic acids is 1. The number of esters is 1. The molecule has 0 aromatic heterocycles. The second kappa shape index (κ2) is 8.09. The van der Waals surface area contributed by atoms with Crippen molar-refractivity contribution < 1.29 is 29.2 Å². The Hall–Kier alpha value is -3.75. The van der Waals surface area contributed by atoms with Gasteiger partial charge >= 0.3 is 11.9 Å². The van der Waals surface area contributed by atoms with Crippen molar-refractivity contribution in [2.75, 3.05) is 25.1 Å². The van der Waals surface area contributed by atoms with E-state index in [1.54, 1.807) is 17.0 Å². The molecule has 1 fully saturated rings. The lowest BCUT2D eigenvalue weighted by Crippen LogP contribution is -2.23. The van der Waals surface area contributed by atoms with Gasteiger partial charge in [0.25, 0.3) is 5.69 Å². The molecule has 2 aromatic carbocycles. The molecule has 1 aliphatic heterocycles. The van der Waals surface area contributed by atoms with E-state index in [-0.39, 0.29) is 34.6 Å². The zero-order chi connectivity index (χ0) is 21.1. The Morgan fingerprint density at radius 3 is 2.45 bits per heavy atom. The van der Waals surface area contributed by atoms with Crippen LogP contribution in [0.4, 0.5) is 11.4 Å². The summed E-state index contributed by atoms with van der Waals surface area (Å²) in [5, 5.41) is 20.8. The number of hydrogen-bond donors (Lipinski definition) is 1. The third kappa shape index (κ3) is 3.93. The lowest BCUT2D eigenvalue weighted by atomic mass is 9.97. The molecule has 9 heteroatoms. The molecule has 1 atom stereocenters. The number of carbonyl (C=O) groups is 3. The standard InChI is InChI=1S/C20H18N2O7/c1-29-20(26)15-5-3-2-4-14(15)18(23)12-6-7-16(17(10-12)22(27)28)21-9-8-13(11-21)19(24)25/h2-7,10,13H,8-9,11H2,1H3,(H,24,25). The largest absolute Gasteiger partial charge is 0.481 e. The summed E-state index contributed by atoms with van der Waals surface area (Å²) in [6, 6.07) is 10.1. The molecule has 9 nitrogen and oxygen atoms in total. The SMILES string of the molecule is COC(=O)c1ccccc1C(=O)c1ccc(N2CCC(C(=O)O)C2)c([N+](=O)[O-])c1. The molecule has 0 saturated carbocycles. The van der Waals surface area contributed by atoms with E-state index in [4.69, 9.17) is 5.11 Å². The first-order chi connectivity index (χ1) is 13.8. The van der Waals surface area contributed by atoms with E-state index >= 15 is 0 Å². The van der Waals surface area contributed by atoms with Crippen LogP contribution in [0, 0.1) is 16.0 Å². The first-order valence-electron chi connectivity index (χ1n) is 8.81. The quantitative estimate of drug-likeness (QED) is 0.340. The van der Waals surface area contributed by atoms with Gasteiger partial charge in [0.15, 0.2) is 5.78 Å². The predicted octanol–water partition coefficient (Wildman–Crippen LogP) is 2.52. The topological polar surface area (TPSA) is 127 Å². The van der Waals surface area contributed by atoms with Gasteiger partial charge in [-0.3, -0.25) is 19.7 Å². The fraction of sp³-hybridized carbons (Fsp3) is 0.250. The maximum absolute atomic E-state index is 12.9. The highest BCUT2D eigenvalue weighted by Gasteiger charge is 2.32. The van der Waals surface area contributed by atoms with Gasteiger partial charge in [-0.2, -0.15) is 0 Å². The van der Waals surface area contributed by atoms with Crippen LogP contribution in [0.2, 0.25) is 0 Å². The minimum absolute atomic E-state index is 0.0470. The molecule has 1 N–H and O–H groups in total. The van der Waals surface area contributed by atoms with Crippen molar-refractivity contribution in [1.29, 1.82) is 0 Å². The van der Waals surface area contributed by atoms with Crippen molar-refractivity contribution in [3.63, 3.8) is 0 Å². The number of anilines is 1. The van der Waals surface area contributed by atoms with Crippen LogP contribution >= 0.6 is 0 Å². The molecule has 1 heterocycles. The Balaban J connectivity index is 1.98. The second-order valence-corrected chi connectivity index (χ2v) is 6.60. The van der Waals surface area contributed by atoms with Crippen LogP contribution in [0.5, 0.6) is 0 Å². The molecule has 29 heavy (non-hydrogen) atoms. The first kappa shape index (κ1) is 20.0. The molecule has 2 aromatic rings. The first-order valence-corrected chi connectivity index (χ1v) is 8.81. The van der Waals surface area contributed by atoms with E-state index < -0.39 is 28.6 Å². The number of carboxylic acids is 1. The minimum Gasteiger partial charge on any atom is -0.481 e. The number of carboxylic acid groups (broad SMARTS) is 1. The summed E-state index contributed by atoms with van der Waals surface area (Å²) >= 11 is 0. The lowest BCUT2D eigenvalue weighted by Gasteiger charge is -2.18. The number of ether oxygens (including phenoxy) is 1. The highest BCUT2D eigenvalue weighted by molar-refractivity contribution is 6.14. The fourth-order valence-corrected chi connectivity index (χ4v) is 3.38. The molecule has 0 spiro atoms. The molecule has 0 amide bonds. The van der Waals surface area contributed by atoms with Crippen molar-refractivity contribution in [3.05, 3.63) is 69.3 Å². The second-order valence-electron chi connectivity index (χ2n) is 6.60. The van der Waals surface area contributed by atoms with Crippen molar-refractivity contribution in [2.45, 2.75) is 6.42 Å². The highest BCUT2D eigenvalue weighted by atomic mass is 16.6. The van der Waals surface area contributed by atoms with Crippen LogP contribution in [-0.2, 0) is 9.53 Å². The van der Waals surface area contributed by atoms with E-state index in [0.717, 1.165) is 6.07 Å². The molecular weight excluding hydrogens is 380 g/mol. The average Bonchev–Trinajstić information content (AvgIpc) is 3.22. The number of nitro groups is 1. The molecule has 0 aliphatic carbocycles. The van der Waals surface area contributed by atoms with E-state index in [9.17, 15) is 24.5 Å². The number of methoxy groups -OCH3 is 1. The van der Waals surface area contributed by atoms with Gasteiger partial charge in [-0.25, -0.2) is 4.79 Å². The summed E-state index contributed by atoms with van der Waals surface area (Å²) < 4.78 is 4.69. The van der Waals surface area contributed by atoms with Gasteiger partial charge in [0.2, 0.25) is 0 Å². The van der Waals surface area contributed by atoms with Gasteiger partial charge in [-0.1, -0.05) is 18.2 Å². The van der Waals surface area contributed by atoms with Crippen LogP contribution in [0.15, 0.2) is 42.5 Å². The number of nitrogens with zero attached hydrogens (tertiary/aromatic N) is 2. The van der Waals surface area contributed by atoms with Crippen molar-refractivity contribution in [1.82, 2.24) is 0 Å². The fourth-order valence-electron chi connectivity index (χ4n) is 3.38. The van der Waals surface area contributed by atoms with Crippen molar-refractivity contribution >= 4 is 29.1 Å². The molecule has 3 rings (SSSR count). The Bertz CT molecular complexity index is 1000. The normalized spacial score (nSPS) is 15.8.